The molecule has 0 radical (unpaired) electrons. The minimum absolute atomic E-state index is 0.241. The predicted octanol–water partition coefficient (Wildman–Crippen LogP) is 4.53. The molecule has 1 heterocycles. The molecule has 0 aliphatic heterocycles. The van der Waals surface area contributed by atoms with Crippen molar-refractivity contribution >= 4 is 35.4 Å². The average Bonchev–Trinajstić information content (AvgIpc) is 3.02. The molecular formula is C19H17ClN4O2. The van der Waals surface area contributed by atoms with Gasteiger partial charge in [0, 0.05) is 10.7 Å². The van der Waals surface area contributed by atoms with E-state index in [0.29, 0.717) is 28.5 Å². The summed E-state index contributed by atoms with van der Waals surface area (Å²) in [5, 5.41) is 10.1. The number of nitrogens with zero attached hydrogens (tertiary/aromatic N) is 2. The standard InChI is InChI=1S/C19H17ClN4O2/c1-13-17(18(25)23-16-9-7-15(20)8-10-16)19(26-24-13)22-12-21-11-14-5-3-2-4-6-14/h2-10,12H,11H2,1H3,(H,21,22)(H,23,25). The first-order valence-electron chi connectivity index (χ1n) is 7.95. The van der Waals surface area contributed by atoms with Crippen LogP contribution >= 0.6 is 11.6 Å². The molecule has 3 aromatic rings. The quantitative estimate of drug-likeness (QED) is 0.495. The van der Waals surface area contributed by atoms with E-state index in [1.165, 1.54) is 6.34 Å². The molecule has 0 unspecified atom stereocenters. The van der Waals surface area contributed by atoms with Crippen LogP contribution in [0.2, 0.25) is 5.02 Å². The van der Waals surface area contributed by atoms with Gasteiger partial charge in [-0.1, -0.05) is 47.1 Å². The Morgan fingerprint density at radius 3 is 2.65 bits per heavy atom. The Morgan fingerprint density at radius 1 is 1.19 bits per heavy atom. The van der Waals surface area contributed by atoms with Crippen molar-refractivity contribution in [1.82, 2.24) is 5.16 Å². The molecule has 132 valence electrons. The number of hydrogen-bond donors (Lipinski definition) is 2. The Morgan fingerprint density at radius 2 is 1.92 bits per heavy atom. The van der Waals surface area contributed by atoms with Gasteiger partial charge in [-0.25, -0.2) is 0 Å². The normalized spacial score (nSPS) is 10.8. The van der Waals surface area contributed by atoms with Crippen molar-refractivity contribution in [2.45, 2.75) is 13.5 Å². The number of aliphatic imine (C=N–C) groups is 1. The van der Waals surface area contributed by atoms with Crippen molar-refractivity contribution in [3.63, 3.8) is 0 Å². The van der Waals surface area contributed by atoms with E-state index in [4.69, 9.17) is 16.1 Å². The summed E-state index contributed by atoms with van der Waals surface area (Å²) in [6, 6.07) is 16.7. The fourth-order valence-electron chi connectivity index (χ4n) is 2.30. The lowest BCUT2D eigenvalue weighted by atomic mass is 10.2. The fraction of sp³-hybridized carbons (Fsp3) is 0.105. The van der Waals surface area contributed by atoms with E-state index in [0.717, 1.165) is 5.56 Å². The van der Waals surface area contributed by atoms with Gasteiger partial charge in [0.2, 0.25) is 5.88 Å². The van der Waals surface area contributed by atoms with Crippen LogP contribution in [0.15, 0.2) is 64.1 Å². The van der Waals surface area contributed by atoms with E-state index in [2.05, 4.69) is 20.8 Å². The SMILES string of the molecule is Cc1noc(NC=NCc2ccccc2)c1C(=O)Nc1ccc(Cl)cc1. The third kappa shape index (κ3) is 4.49. The summed E-state index contributed by atoms with van der Waals surface area (Å²) in [7, 11) is 0. The summed E-state index contributed by atoms with van der Waals surface area (Å²) < 4.78 is 5.19. The highest BCUT2D eigenvalue weighted by Gasteiger charge is 2.20. The monoisotopic (exact) mass is 368 g/mol. The molecule has 7 heteroatoms. The summed E-state index contributed by atoms with van der Waals surface area (Å²) in [4.78, 5) is 16.8. The highest BCUT2D eigenvalue weighted by molar-refractivity contribution is 6.30. The number of benzene rings is 2. The van der Waals surface area contributed by atoms with Gasteiger partial charge in [0.05, 0.1) is 18.6 Å². The first kappa shape index (κ1) is 17.7. The van der Waals surface area contributed by atoms with Crippen LogP contribution in [0, 0.1) is 6.92 Å². The number of carbonyl (C=O) groups excluding carboxylic acids is 1. The van der Waals surface area contributed by atoms with Crippen LogP contribution in [-0.2, 0) is 6.54 Å². The molecule has 1 amide bonds. The van der Waals surface area contributed by atoms with E-state index < -0.39 is 0 Å². The molecule has 0 fully saturated rings. The summed E-state index contributed by atoms with van der Waals surface area (Å²) in [5.41, 5.74) is 2.52. The molecule has 26 heavy (non-hydrogen) atoms. The molecule has 0 saturated heterocycles. The molecule has 3 rings (SSSR count). The zero-order chi connectivity index (χ0) is 18.4. The second-order valence-corrected chi connectivity index (χ2v) is 5.97. The number of aromatic nitrogens is 1. The highest BCUT2D eigenvalue weighted by Crippen LogP contribution is 2.21. The topological polar surface area (TPSA) is 79.5 Å². The maximum absolute atomic E-state index is 12.5. The van der Waals surface area contributed by atoms with Gasteiger partial charge in [0.1, 0.15) is 5.56 Å². The predicted molar refractivity (Wildman–Crippen MR) is 103 cm³/mol. The molecular weight excluding hydrogens is 352 g/mol. The average molecular weight is 369 g/mol. The number of nitrogens with one attached hydrogen (secondary N) is 2. The highest BCUT2D eigenvalue weighted by atomic mass is 35.5. The summed E-state index contributed by atoms with van der Waals surface area (Å²) in [5.74, 6) is -0.0872. The largest absolute Gasteiger partial charge is 0.337 e. The van der Waals surface area contributed by atoms with Gasteiger partial charge in [0.15, 0.2) is 0 Å². The molecule has 0 bridgehead atoms. The third-order valence-electron chi connectivity index (χ3n) is 3.60. The zero-order valence-corrected chi connectivity index (χ0v) is 14.8. The van der Waals surface area contributed by atoms with Crippen LogP contribution in [0.1, 0.15) is 21.6 Å². The fourth-order valence-corrected chi connectivity index (χ4v) is 2.43. The first-order chi connectivity index (χ1) is 12.6. The number of amides is 1. The lowest BCUT2D eigenvalue weighted by molar-refractivity contribution is 0.102. The number of carbonyl (C=O) groups is 1. The number of rotatable bonds is 6. The van der Waals surface area contributed by atoms with Crippen LogP contribution in [0.3, 0.4) is 0 Å². The van der Waals surface area contributed by atoms with E-state index in [9.17, 15) is 4.79 Å². The second-order valence-electron chi connectivity index (χ2n) is 5.53. The molecule has 1 aromatic heterocycles. The smallest absolute Gasteiger partial charge is 0.263 e. The molecule has 2 aromatic carbocycles. The van der Waals surface area contributed by atoms with Crippen molar-refractivity contribution in [3.05, 3.63) is 76.4 Å². The van der Waals surface area contributed by atoms with Gasteiger partial charge < -0.3 is 15.2 Å². The lowest BCUT2D eigenvalue weighted by Gasteiger charge is -2.05. The molecule has 6 nitrogen and oxygen atoms in total. The van der Waals surface area contributed by atoms with Crippen molar-refractivity contribution in [1.29, 1.82) is 0 Å². The molecule has 2 N–H and O–H groups in total. The number of hydrogen-bond acceptors (Lipinski definition) is 4. The van der Waals surface area contributed by atoms with Crippen LogP contribution in [0.5, 0.6) is 0 Å². The maximum Gasteiger partial charge on any atom is 0.263 e. The van der Waals surface area contributed by atoms with Crippen molar-refractivity contribution in [2.75, 3.05) is 10.6 Å². The number of aryl methyl sites for hydroxylation is 1. The van der Waals surface area contributed by atoms with Crippen LogP contribution in [0.4, 0.5) is 11.6 Å². The van der Waals surface area contributed by atoms with Gasteiger partial charge in [-0.2, -0.15) is 0 Å². The van der Waals surface area contributed by atoms with Crippen LogP contribution in [-0.4, -0.2) is 17.4 Å². The second kappa shape index (κ2) is 8.31. The van der Waals surface area contributed by atoms with Gasteiger partial charge in [-0.05, 0) is 36.8 Å². The van der Waals surface area contributed by atoms with Crippen LogP contribution < -0.4 is 10.6 Å². The Bertz CT molecular complexity index is 905. The maximum atomic E-state index is 12.5. The lowest BCUT2D eigenvalue weighted by Crippen LogP contribution is -2.14. The van der Waals surface area contributed by atoms with Gasteiger partial charge >= 0.3 is 0 Å². The number of anilines is 2. The molecule has 0 saturated carbocycles. The number of halogens is 1. The van der Waals surface area contributed by atoms with Crippen molar-refractivity contribution in [3.8, 4) is 0 Å². The minimum Gasteiger partial charge on any atom is -0.337 e. The summed E-state index contributed by atoms with van der Waals surface area (Å²) >= 11 is 5.85. The van der Waals surface area contributed by atoms with Crippen LogP contribution in [0.25, 0.3) is 0 Å². The van der Waals surface area contributed by atoms with E-state index >= 15 is 0 Å². The van der Waals surface area contributed by atoms with Crippen molar-refractivity contribution in [2.24, 2.45) is 4.99 Å². The van der Waals surface area contributed by atoms with E-state index in [-0.39, 0.29) is 11.8 Å². The molecule has 0 spiro atoms. The van der Waals surface area contributed by atoms with Gasteiger partial charge in [-0.15, -0.1) is 0 Å². The Balaban J connectivity index is 1.66. The Kier molecular flexibility index (Phi) is 5.66. The van der Waals surface area contributed by atoms with E-state index in [1.807, 2.05) is 30.3 Å². The Hall–Kier alpha value is -3.12. The summed E-state index contributed by atoms with van der Waals surface area (Å²) in [6.45, 7) is 2.22. The van der Waals surface area contributed by atoms with Gasteiger partial charge in [-0.3, -0.25) is 9.79 Å². The first-order valence-corrected chi connectivity index (χ1v) is 8.33. The van der Waals surface area contributed by atoms with Crippen molar-refractivity contribution < 1.29 is 9.32 Å². The summed E-state index contributed by atoms with van der Waals surface area (Å²) in [6.07, 6.45) is 1.49. The minimum atomic E-state index is -0.329. The van der Waals surface area contributed by atoms with E-state index in [1.54, 1.807) is 31.2 Å². The third-order valence-corrected chi connectivity index (χ3v) is 3.85. The zero-order valence-electron chi connectivity index (χ0n) is 14.1. The molecule has 0 aliphatic rings. The van der Waals surface area contributed by atoms with Gasteiger partial charge in [0.25, 0.3) is 5.91 Å². The molecule has 0 aliphatic carbocycles. The molecule has 0 atom stereocenters. The Labute approximate surface area is 155 Å².